The number of phenols is 1. The smallest absolute Gasteiger partial charge is 0.115 e. The molecule has 2 rings (SSSR count). The normalized spacial score (nSPS) is 12.6. The first-order valence-electron chi connectivity index (χ1n) is 5.15. The minimum absolute atomic E-state index is 0.250. The van der Waals surface area contributed by atoms with Gasteiger partial charge < -0.3 is 10.4 Å². The Morgan fingerprint density at radius 1 is 1.38 bits per heavy atom. The van der Waals surface area contributed by atoms with Crippen LogP contribution in [0.4, 0.5) is 0 Å². The van der Waals surface area contributed by atoms with E-state index in [2.05, 4.69) is 22.6 Å². The standard InChI is InChI=1S/C12H14N2OS/c1-9(12-7-16-8-14-12)13-6-10-2-4-11(15)5-3-10/h2-5,7-9,13,15H,6H2,1H3. The minimum Gasteiger partial charge on any atom is -0.508 e. The van der Waals surface area contributed by atoms with Crippen LogP contribution < -0.4 is 5.32 Å². The highest BCUT2D eigenvalue weighted by Gasteiger charge is 2.06. The van der Waals surface area contributed by atoms with Crippen LogP contribution in [0, 0.1) is 0 Å². The maximum Gasteiger partial charge on any atom is 0.115 e. The van der Waals surface area contributed by atoms with Gasteiger partial charge in [-0.05, 0) is 24.6 Å². The van der Waals surface area contributed by atoms with Gasteiger partial charge in [-0.3, -0.25) is 0 Å². The van der Waals surface area contributed by atoms with Crippen molar-refractivity contribution < 1.29 is 5.11 Å². The number of rotatable bonds is 4. The highest BCUT2D eigenvalue weighted by Crippen LogP contribution is 2.14. The summed E-state index contributed by atoms with van der Waals surface area (Å²) in [6, 6.07) is 7.47. The van der Waals surface area contributed by atoms with Crippen molar-refractivity contribution in [1.29, 1.82) is 0 Å². The van der Waals surface area contributed by atoms with Gasteiger partial charge >= 0.3 is 0 Å². The van der Waals surface area contributed by atoms with Crippen molar-refractivity contribution in [3.05, 3.63) is 46.4 Å². The van der Waals surface area contributed by atoms with Crippen LogP contribution in [0.5, 0.6) is 5.75 Å². The van der Waals surface area contributed by atoms with Crippen molar-refractivity contribution in [2.24, 2.45) is 0 Å². The quantitative estimate of drug-likeness (QED) is 0.855. The molecule has 1 heterocycles. The molecule has 0 fully saturated rings. The number of nitrogens with one attached hydrogen (secondary N) is 1. The fourth-order valence-electron chi connectivity index (χ4n) is 1.43. The van der Waals surface area contributed by atoms with Gasteiger partial charge in [-0.25, -0.2) is 4.98 Å². The first kappa shape index (κ1) is 11.1. The van der Waals surface area contributed by atoms with Crippen LogP contribution in [-0.4, -0.2) is 10.1 Å². The third-order valence-corrected chi connectivity index (χ3v) is 3.05. The first-order valence-corrected chi connectivity index (χ1v) is 6.09. The maximum atomic E-state index is 9.16. The monoisotopic (exact) mass is 234 g/mol. The van der Waals surface area contributed by atoms with E-state index in [4.69, 9.17) is 5.11 Å². The van der Waals surface area contributed by atoms with Crippen LogP contribution in [0.15, 0.2) is 35.2 Å². The predicted molar refractivity (Wildman–Crippen MR) is 65.5 cm³/mol. The van der Waals surface area contributed by atoms with E-state index in [9.17, 15) is 0 Å². The zero-order chi connectivity index (χ0) is 11.4. The molecule has 1 aromatic carbocycles. The fraction of sp³-hybridized carbons (Fsp3) is 0.250. The van der Waals surface area contributed by atoms with Crippen LogP contribution in [-0.2, 0) is 6.54 Å². The Hall–Kier alpha value is -1.39. The van der Waals surface area contributed by atoms with Gasteiger partial charge in [0.15, 0.2) is 0 Å². The second kappa shape index (κ2) is 5.09. The van der Waals surface area contributed by atoms with E-state index in [1.165, 1.54) is 0 Å². The lowest BCUT2D eigenvalue weighted by atomic mass is 10.2. The number of hydrogen-bond donors (Lipinski definition) is 2. The first-order chi connectivity index (χ1) is 7.75. The topological polar surface area (TPSA) is 45.1 Å². The minimum atomic E-state index is 0.250. The second-order valence-electron chi connectivity index (χ2n) is 3.68. The van der Waals surface area contributed by atoms with E-state index in [-0.39, 0.29) is 6.04 Å². The van der Waals surface area contributed by atoms with Gasteiger partial charge in [-0.2, -0.15) is 0 Å². The number of nitrogens with zero attached hydrogens (tertiary/aromatic N) is 1. The van der Waals surface area contributed by atoms with Gasteiger partial charge in [0.05, 0.1) is 11.2 Å². The molecule has 3 nitrogen and oxygen atoms in total. The molecule has 2 aromatic rings. The average molecular weight is 234 g/mol. The lowest BCUT2D eigenvalue weighted by Crippen LogP contribution is -2.18. The Morgan fingerprint density at radius 2 is 2.12 bits per heavy atom. The summed E-state index contributed by atoms with van der Waals surface area (Å²) in [4.78, 5) is 4.26. The predicted octanol–water partition coefficient (Wildman–Crippen LogP) is 2.70. The van der Waals surface area contributed by atoms with Gasteiger partial charge in [-0.1, -0.05) is 12.1 Å². The molecule has 2 N–H and O–H groups in total. The van der Waals surface area contributed by atoms with Crippen molar-refractivity contribution in [1.82, 2.24) is 10.3 Å². The molecule has 0 bridgehead atoms. The molecule has 16 heavy (non-hydrogen) atoms. The molecule has 1 aromatic heterocycles. The van der Waals surface area contributed by atoms with Crippen molar-refractivity contribution >= 4 is 11.3 Å². The molecule has 0 amide bonds. The lowest BCUT2D eigenvalue weighted by molar-refractivity contribution is 0.474. The molecule has 0 aliphatic rings. The summed E-state index contributed by atoms with van der Waals surface area (Å²) >= 11 is 1.61. The molecule has 4 heteroatoms. The van der Waals surface area contributed by atoms with Gasteiger partial charge in [0.1, 0.15) is 5.75 Å². The molecule has 0 spiro atoms. The van der Waals surface area contributed by atoms with Crippen LogP contribution in [0.1, 0.15) is 24.2 Å². The Morgan fingerprint density at radius 3 is 2.75 bits per heavy atom. The molecule has 0 saturated carbocycles. The zero-order valence-corrected chi connectivity index (χ0v) is 9.87. The number of benzene rings is 1. The summed E-state index contributed by atoms with van der Waals surface area (Å²) in [5.74, 6) is 0.302. The summed E-state index contributed by atoms with van der Waals surface area (Å²) in [6.07, 6.45) is 0. The number of thiazole rings is 1. The van der Waals surface area contributed by atoms with Gasteiger partial charge in [0.2, 0.25) is 0 Å². The molecular formula is C12H14N2OS. The molecule has 0 saturated heterocycles. The van der Waals surface area contributed by atoms with Gasteiger partial charge in [0.25, 0.3) is 0 Å². The summed E-state index contributed by atoms with van der Waals surface area (Å²) in [7, 11) is 0. The summed E-state index contributed by atoms with van der Waals surface area (Å²) < 4.78 is 0. The molecular weight excluding hydrogens is 220 g/mol. The van der Waals surface area contributed by atoms with Gasteiger partial charge in [-0.15, -0.1) is 11.3 Å². The van der Waals surface area contributed by atoms with Crippen molar-refractivity contribution in [2.45, 2.75) is 19.5 Å². The highest BCUT2D eigenvalue weighted by atomic mass is 32.1. The van der Waals surface area contributed by atoms with E-state index >= 15 is 0 Å². The Kier molecular flexibility index (Phi) is 3.54. The molecule has 1 unspecified atom stereocenters. The fourth-order valence-corrected chi connectivity index (χ4v) is 2.07. The zero-order valence-electron chi connectivity index (χ0n) is 9.05. The van der Waals surface area contributed by atoms with E-state index in [1.807, 2.05) is 17.6 Å². The van der Waals surface area contributed by atoms with Crippen LogP contribution in [0.25, 0.3) is 0 Å². The number of phenolic OH excluding ortho intramolecular Hbond substituents is 1. The highest BCUT2D eigenvalue weighted by molar-refractivity contribution is 7.07. The van der Waals surface area contributed by atoms with Crippen LogP contribution in [0.2, 0.25) is 0 Å². The maximum absolute atomic E-state index is 9.16. The summed E-state index contributed by atoms with van der Waals surface area (Å²) in [5, 5.41) is 14.6. The van der Waals surface area contributed by atoms with E-state index in [0.29, 0.717) is 5.75 Å². The third-order valence-electron chi connectivity index (χ3n) is 2.44. The van der Waals surface area contributed by atoms with Gasteiger partial charge in [0, 0.05) is 18.0 Å². The number of hydrogen-bond acceptors (Lipinski definition) is 4. The summed E-state index contributed by atoms with van der Waals surface area (Å²) in [6.45, 7) is 2.87. The lowest BCUT2D eigenvalue weighted by Gasteiger charge is -2.11. The molecule has 84 valence electrons. The molecule has 1 atom stereocenters. The van der Waals surface area contributed by atoms with Crippen LogP contribution in [0.3, 0.4) is 0 Å². The Bertz CT molecular complexity index is 425. The number of aromatic hydroxyl groups is 1. The van der Waals surface area contributed by atoms with Crippen molar-refractivity contribution in [3.63, 3.8) is 0 Å². The van der Waals surface area contributed by atoms with E-state index < -0.39 is 0 Å². The summed E-state index contributed by atoms with van der Waals surface area (Å²) in [5.41, 5.74) is 4.07. The molecule has 0 radical (unpaired) electrons. The number of aromatic nitrogens is 1. The largest absolute Gasteiger partial charge is 0.508 e. The Labute approximate surface area is 98.8 Å². The van der Waals surface area contributed by atoms with Crippen molar-refractivity contribution in [3.8, 4) is 5.75 Å². The van der Waals surface area contributed by atoms with Crippen molar-refractivity contribution in [2.75, 3.05) is 0 Å². The van der Waals surface area contributed by atoms with E-state index in [1.54, 1.807) is 23.5 Å². The van der Waals surface area contributed by atoms with Crippen LogP contribution >= 0.6 is 11.3 Å². The average Bonchev–Trinajstić information content (AvgIpc) is 2.81. The third kappa shape index (κ3) is 2.81. The molecule has 0 aliphatic heterocycles. The van der Waals surface area contributed by atoms with E-state index in [0.717, 1.165) is 17.8 Å². The Balaban J connectivity index is 1.90. The molecule has 0 aliphatic carbocycles. The SMILES string of the molecule is CC(NCc1ccc(O)cc1)c1cscn1. The second-order valence-corrected chi connectivity index (χ2v) is 4.40.